The highest BCUT2D eigenvalue weighted by molar-refractivity contribution is 14.0. The molecule has 1 fully saturated rings. The number of aromatic nitrogens is 3. The summed E-state index contributed by atoms with van der Waals surface area (Å²) in [6.07, 6.45) is 7.15. The van der Waals surface area contributed by atoms with Crippen LogP contribution in [0.5, 0.6) is 0 Å². The van der Waals surface area contributed by atoms with Crippen molar-refractivity contribution < 1.29 is 4.52 Å². The minimum Gasteiger partial charge on any atom is -0.367 e. The number of hydrogen-bond donors (Lipinski definition) is 2. The van der Waals surface area contributed by atoms with Gasteiger partial charge in [-0.25, -0.2) is 0 Å². The van der Waals surface area contributed by atoms with Crippen LogP contribution in [0.15, 0.2) is 21.9 Å². The van der Waals surface area contributed by atoms with Crippen molar-refractivity contribution in [1.29, 1.82) is 0 Å². The van der Waals surface area contributed by atoms with E-state index >= 15 is 0 Å². The van der Waals surface area contributed by atoms with Crippen molar-refractivity contribution in [1.82, 2.24) is 25.6 Å². The van der Waals surface area contributed by atoms with E-state index < -0.39 is 0 Å². The van der Waals surface area contributed by atoms with Crippen LogP contribution in [-0.4, -0.2) is 53.1 Å². The van der Waals surface area contributed by atoms with Gasteiger partial charge in [-0.15, -0.1) is 24.0 Å². The van der Waals surface area contributed by atoms with Crippen LogP contribution in [0.1, 0.15) is 36.8 Å². The predicted molar refractivity (Wildman–Crippen MR) is 123 cm³/mol. The Morgan fingerprint density at radius 1 is 1.39 bits per heavy atom. The molecule has 156 valence electrons. The molecule has 1 unspecified atom stereocenters. The molecule has 0 amide bonds. The third-order valence-corrected chi connectivity index (χ3v) is 4.98. The number of anilines is 1. The van der Waals surface area contributed by atoms with Crippen molar-refractivity contribution in [2.75, 3.05) is 31.1 Å². The van der Waals surface area contributed by atoms with E-state index in [9.17, 15) is 0 Å². The second kappa shape index (κ2) is 10.7. The number of hydrogen-bond acceptors (Lipinski definition) is 5. The summed E-state index contributed by atoms with van der Waals surface area (Å²) < 4.78 is 7.09. The highest BCUT2D eigenvalue weighted by Crippen LogP contribution is 2.19. The molecule has 28 heavy (non-hydrogen) atoms. The Labute approximate surface area is 184 Å². The van der Waals surface area contributed by atoms with Crippen molar-refractivity contribution in [3.8, 4) is 0 Å². The molecule has 0 aliphatic carbocycles. The van der Waals surface area contributed by atoms with Crippen molar-refractivity contribution in [3.05, 3.63) is 29.4 Å². The van der Waals surface area contributed by atoms with E-state index in [1.54, 1.807) is 0 Å². The second-order valence-electron chi connectivity index (χ2n) is 7.12. The first-order valence-corrected chi connectivity index (χ1v) is 9.77. The molecule has 1 aliphatic heterocycles. The van der Waals surface area contributed by atoms with E-state index in [1.807, 2.05) is 31.8 Å². The molecule has 2 aromatic rings. The van der Waals surface area contributed by atoms with Gasteiger partial charge in [-0.2, -0.15) is 5.10 Å². The third kappa shape index (κ3) is 5.86. The maximum atomic E-state index is 5.24. The monoisotopic (exact) mass is 501 g/mol. The highest BCUT2D eigenvalue weighted by Gasteiger charge is 2.21. The maximum absolute atomic E-state index is 5.24. The van der Waals surface area contributed by atoms with Crippen LogP contribution in [0.2, 0.25) is 0 Å². The summed E-state index contributed by atoms with van der Waals surface area (Å²) in [6.45, 7) is 9.61. The summed E-state index contributed by atoms with van der Waals surface area (Å²) in [5, 5.41) is 15.3. The summed E-state index contributed by atoms with van der Waals surface area (Å²) in [7, 11) is 1.96. The first-order valence-electron chi connectivity index (χ1n) is 9.77. The molecular formula is C19H32IN7O. The zero-order valence-electron chi connectivity index (χ0n) is 17.2. The first kappa shape index (κ1) is 22.5. The Hall–Kier alpha value is -1.78. The molecule has 0 aromatic carbocycles. The smallest absolute Gasteiger partial charge is 0.191 e. The van der Waals surface area contributed by atoms with Gasteiger partial charge in [0.25, 0.3) is 0 Å². The van der Waals surface area contributed by atoms with Gasteiger partial charge in [0.05, 0.1) is 17.6 Å². The Bertz CT molecular complexity index is 751. The van der Waals surface area contributed by atoms with E-state index in [4.69, 9.17) is 9.52 Å². The molecule has 1 atom stereocenters. The van der Waals surface area contributed by atoms with E-state index in [0.717, 1.165) is 61.9 Å². The Balaban J connectivity index is 0.00000280. The molecule has 3 heterocycles. The van der Waals surface area contributed by atoms with Crippen molar-refractivity contribution >= 4 is 35.6 Å². The highest BCUT2D eigenvalue weighted by atomic mass is 127. The van der Waals surface area contributed by atoms with Crippen LogP contribution in [0, 0.1) is 13.8 Å². The molecular weight excluding hydrogens is 469 g/mol. The van der Waals surface area contributed by atoms with Gasteiger partial charge in [0.15, 0.2) is 5.96 Å². The van der Waals surface area contributed by atoms with Crippen molar-refractivity contribution in [3.63, 3.8) is 0 Å². The van der Waals surface area contributed by atoms with E-state index in [0.29, 0.717) is 12.6 Å². The summed E-state index contributed by atoms with van der Waals surface area (Å²) in [4.78, 5) is 7.15. The van der Waals surface area contributed by atoms with Crippen LogP contribution in [0.3, 0.4) is 0 Å². The number of guanidine groups is 1. The molecule has 1 saturated heterocycles. The van der Waals surface area contributed by atoms with E-state index in [1.165, 1.54) is 5.69 Å². The molecule has 8 nitrogen and oxygen atoms in total. The summed E-state index contributed by atoms with van der Waals surface area (Å²) in [6, 6.07) is 0.371. The number of rotatable bonds is 6. The van der Waals surface area contributed by atoms with Crippen LogP contribution < -0.4 is 15.5 Å². The molecule has 1 aliphatic rings. The predicted octanol–water partition coefficient (Wildman–Crippen LogP) is 2.41. The number of nitrogens with zero attached hydrogens (tertiary/aromatic N) is 5. The fourth-order valence-electron chi connectivity index (χ4n) is 3.55. The minimum atomic E-state index is 0. The van der Waals surface area contributed by atoms with Gasteiger partial charge in [-0.1, -0.05) is 5.16 Å². The number of halogens is 1. The molecule has 0 saturated carbocycles. The Morgan fingerprint density at radius 2 is 2.21 bits per heavy atom. The summed E-state index contributed by atoms with van der Waals surface area (Å²) in [5.41, 5.74) is 3.31. The average molecular weight is 501 g/mol. The minimum absolute atomic E-state index is 0. The fraction of sp³-hybridized carbons (Fsp3) is 0.632. The van der Waals surface area contributed by atoms with Gasteiger partial charge in [0.2, 0.25) is 0 Å². The van der Waals surface area contributed by atoms with Crippen LogP contribution >= 0.6 is 24.0 Å². The van der Waals surface area contributed by atoms with Gasteiger partial charge < -0.3 is 20.1 Å². The summed E-state index contributed by atoms with van der Waals surface area (Å²) >= 11 is 0. The third-order valence-electron chi connectivity index (χ3n) is 4.98. The summed E-state index contributed by atoms with van der Waals surface area (Å²) in [5.74, 6) is 1.77. The number of piperidine rings is 1. The molecule has 0 bridgehead atoms. The topological polar surface area (TPSA) is 83.5 Å². The van der Waals surface area contributed by atoms with Gasteiger partial charge in [-0.3, -0.25) is 9.67 Å². The maximum Gasteiger partial charge on any atom is 0.191 e. The molecule has 2 aromatic heterocycles. The molecule has 2 N–H and O–H groups in total. The van der Waals surface area contributed by atoms with Gasteiger partial charge >= 0.3 is 0 Å². The quantitative estimate of drug-likeness (QED) is 0.360. The molecule has 0 radical (unpaired) electrons. The van der Waals surface area contributed by atoms with E-state index in [2.05, 4.69) is 38.9 Å². The SMILES string of the molecule is CCNC(=NCCc1c(C)noc1C)NC1CCCN(c2cnn(C)c2)C1.I. The fourth-order valence-corrected chi connectivity index (χ4v) is 3.55. The van der Waals surface area contributed by atoms with Crippen molar-refractivity contribution in [2.45, 2.75) is 46.1 Å². The second-order valence-corrected chi connectivity index (χ2v) is 7.12. The van der Waals surface area contributed by atoms with Crippen LogP contribution in [0.4, 0.5) is 5.69 Å². The number of aryl methyl sites for hydroxylation is 3. The van der Waals surface area contributed by atoms with Gasteiger partial charge in [0, 0.05) is 51.0 Å². The largest absolute Gasteiger partial charge is 0.367 e. The zero-order chi connectivity index (χ0) is 19.2. The van der Waals surface area contributed by atoms with Gasteiger partial charge in [-0.05, 0) is 40.0 Å². The lowest BCUT2D eigenvalue weighted by Crippen LogP contribution is -2.51. The first-order chi connectivity index (χ1) is 13.1. The Morgan fingerprint density at radius 3 is 2.86 bits per heavy atom. The van der Waals surface area contributed by atoms with Crippen molar-refractivity contribution in [2.24, 2.45) is 12.0 Å². The molecule has 3 rings (SSSR count). The lowest BCUT2D eigenvalue weighted by molar-refractivity contribution is 0.392. The zero-order valence-corrected chi connectivity index (χ0v) is 19.6. The molecule has 0 spiro atoms. The average Bonchev–Trinajstić information content (AvgIpc) is 3.22. The van der Waals surface area contributed by atoms with Crippen LogP contribution in [-0.2, 0) is 13.5 Å². The molecule has 9 heteroatoms. The van der Waals surface area contributed by atoms with Crippen LogP contribution in [0.25, 0.3) is 0 Å². The van der Waals surface area contributed by atoms with E-state index in [-0.39, 0.29) is 24.0 Å². The standard InChI is InChI=1S/C19H31N7O.HI/c1-5-20-19(21-9-8-18-14(2)24-27-15(18)3)23-16-7-6-10-26(12-16)17-11-22-25(4)13-17;/h11,13,16H,5-10,12H2,1-4H3,(H2,20,21,23);1H. The normalized spacial score (nSPS) is 17.4. The number of nitrogens with one attached hydrogen (secondary N) is 2. The van der Waals surface area contributed by atoms with Gasteiger partial charge in [0.1, 0.15) is 5.76 Å². The number of aliphatic imine (C=N–C) groups is 1. The lowest BCUT2D eigenvalue weighted by atomic mass is 10.1. The lowest BCUT2D eigenvalue weighted by Gasteiger charge is -2.34. The Kier molecular flexibility index (Phi) is 8.58.